The highest BCUT2D eigenvalue weighted by Gasteiger charge is 2.16. The SMILES string of the molecule is C=CCn1c(SCC(=O)Nc2ccc(OC)cc2OC)nnc1-c1ccc(N(CC)CC)cc1. The average Bonchev–Trinajstić information content (AvgIpc) is 3.27. The van der Waals surface area contributed by atoms with Gasteiger partial charge in [-0.15, -0.1) is 16.8 Å². The summed E-state index contributed by atoms with van der Waals surface area (Å²) in [6, 6.07) is 13.5. The van der Waals surface area contributed by atoms with Crippen molar-refractivity contribution < 1.29 is 14.3 Å². The number of thioether (sulfide) groups is 1. The van der Waals surface area contributed by atoms with Crippen molar-refractivity contribution in [2.24, 2.45) is 0 Å². The van der Waals surface area contributed by atoms with Gasteiger partial charge in [-0.25, -0.2) is 0 Å². The summed E-state index contributed by atoms with van der Waals surface area (Å²) >= 11 is 1.32. The van der Waals surface area contributed by atoms with Gasteiger partial charge in [-0.1, -0.05) is 17.8 Å². The Bertz CT molecular complexity index is 1110. The number of rotatable bonds is 12. The molecule has 0 unspecified atom stereocenters. The van der Waals surface area contributed by atoms with Gasteiger partial charge in [0.25, 0.3) is 0 Å². The van der Waals surface area contributed by atoms with Crippen LogP contribution in [-0.4, -0.2) is 53.7 Å². The molecule has 1 aromatic heterocycles. The molecule has 180 valence electrons. The van der Waals surface area contributed by atoms with Crippen LogP contribution in [0.25, 0.3) is 11.4 Å². The Hall–Kier alpha value is -3.46. The minimum Gasteiger partial charge on any atom is -0.497 e. The third-order valence-corrected chi connectivity index (χ3v) is 6.26. The van der Waals surface area contributed by atoms with Crippen molar-refractivity contribution in [2.75, 3.05) is 43.3 Å². The summed E-state index contributed by atoms with van der Waals surface area (Å²) in [5, 5.41) is 12.3. The molecule has 8 nitrogen and oxygen atoms in total. The monoisotopic (exact) mass is 481 g/mol. The van der Waals surface area contributed by atoms with Gasteiger partial charge in [0.05, 0.1) is 25.7 Å². The highest BCUT2D eigenvalue weighted by molar-refractivity contribution is 7.99. The largest absolute Gasteiger partial charge is 0.497 e. The summed E-state index contributed by atoms with van der Waals surface area (Å²) in [5.74, 6) is 1.92. The summed E-state index contributed by atoms with van der Waals surface area (Å²) in [5.41, 5.74) is 2.71. The van der Waals surface area contributed by atoms with Crippen LogP contribution in [0, 0.1) is 0 Å². The standard InChI is InChI=1S/C25H31N5O3S/c1-6-15-30-24(18-9-11-19(12-10-18)29(7-2)8-3)27-28-25(30)34-17-23(31)26-21-14-13-20(32-4)16-22(21)33-5/h6,9-14,16H,1,7-8,15,17H2,2-5H3,(H,26,31). The molecule has 0 aliphatic carbocycles. The van der Waals surface area contributed by atoms with Crippen molar-refractivity contribution in [3.63, 3.8) is 0 Å². The number of hydrogen-bond donors (Lipinski definition) is 1. The van der Waals surface area contributed by atoms with Crippen LogP contribution in [0.2, 0.25) is 0 Å². The van der Waals surface area contributed by atoms with E-state index in [1.807, 2.05) is 16.7 Å². The van der Waals surface area contributed by atoms with Crippen molar-refractivity contribution >= 4 is 29.0 Å². The fourth-order valence-electron chi connectivity index (χ4n) is 3.53. The molecule has 9 heteroatoms. The molecule has 0 atom stereocenters. The van der Waals surface area contributed by atoms with Crippen molar-refractivity contribution in [3.8, 4) is 22.9 Å². The number of aromatic nitrogens is 3. The zero-order valence-electron chi connectivity index (χ0n) is 20.1. The molecule has 34 heavy (non-hydrogen) atoms. The number of anilines is 2. The van der Waals surface area contributed by atoms with Gasteiger partial charge in [-0.2, -0.15) is 0 Å². The minimum atomic E-state index is -0.174. The second-order valence-electron chi connectivity index (χ2n) is 7.33. The van der Waals surface area contributed by atoms with E-state index in [0.717, 1.165) is 24.5 Å². The molecule has 1 heterocycles. The summed E-state index contributed by atoms with van der Waals surface area (Å²) in [7, 11) is 3.13. The Balaban J connectivity index is 1.72. The maximum Gasteiger partial charge on any atom is 0.234 e. The van der Waals surface area contributed by atoms with Crippen LogP contribution in [0.5, 0.6) is 11.5 Å². The molecule has 0 saturated carbocycles. The van der Waals surface area contributed by atoms with Crippen LogP contribution >= 0.6 is 11.8 Å². The van der Waals surface area contributed by atoms with Crippen LogP contribution in [0.1, 0.15) is 13.8 Å². The normalized spacial score (nSPS) is 10.6. The van der Waals surface area contributed by atoms with Crippen LogP contribution in [-0.2, 0) is 11.3 Å². The van der Waals surface area contributed by atoms with E-state index in [-0.39, 0.29) is 11.7 Å². The van der Waals surface area contributed by atoms with Gasteiger partial charge in [0.15, 0.2) is 11.0 Å². The number of carbonyl (C=O) groups is 1. The molecular weight excluding hydrogens is 450 g/mol. The Morgan fingerprint density at radius 3 is 2.47 bits per heavy atom. The molecule has 0 radical (unpaired) electrons. The zero-order valence-corrected chi connectivity index (χ0v) is 20.9. The van der Waals surface area contributed by atoms with Gasteiger partial charge in [-0.05, 0) is 50.2 Å². The summed E-state index contributed by atoms with van der Waals surface area (Å²) in [4.78, 5) is 14.9. The molecular formula is C25H31N5O3S. The molecule has 3 rings (SSSR count). The van der Waals surface area contributed by atoms with E-state index in [4.69, 9.17) is 9.47 Å². The number of benzene rings is 2. The fraction of sp³-hybridized carbons (Fsp3) is 0.320. The maximum absolute atomic E-state index is 12.6. The average molecular weight is 482 g/mol. The molecule has 0 spiro atoms. The lowest BCUT2D eigenvalue weighted by Crippen LogP contribution is -2.21. The number of carbonyl (C=O) groups excluding carboxylic acids is 1. The summed E-state index contributed by atoms with van der Waals surface area (Å²) in [6.45, 7) is 10.6. The van der Waals surface area contributed by atoms with E-state index < -0.39 is 0 Å². The predicted octanol–water partition coefficient (Wildman–Crippen LogP) is 4.73. The van der Waals surface area contributed by atoms with E-state index >= 15 is 0 Å². The van der Waals surface area contributed by atoms with Gasteiger partial charge in [0, 0.05) is 37.0 Å². The predicted molar refractivity (Wildman–Crippen MR) is 138 cm³/mol. The fourth-order valence-corrected chi connectivity index (χ4v) is 4.28. The third kappa shape index (κ3) is 5.91. The van der Waals surface area contributed by atoms with Crippen molar-refractivity contribution in [1.82, 2.24) is 14.8 Å². The number of nitrogens with zero attached hydrogens (tertiary/aromatic N) is 4. The highest BCUT2D eigenvalue weighted by Crippen LogP contribution is 2.30. The van der Waals surface area contributed by atoms with Gasteiger partial charge in [0.1, 0.15) is 11.5 Å². The van der Waals surface area contributed by atoms with E-state index in [1.54, 1.807) is 38.5 Å². The minimum absolute atomic E-state index is 0.172. The van der Waals surface area contributed by atoms with Crippen molar-refractivity contribution in [1.29, 1.82) is 0 Å². The smallest absolute Gasteiger partial charge is 0.234 e. The first kappa shape index (κ1) is 25.2. The van der Waals surface area contributed by atoms with E-state index in [1.165, 1.54) is 17.4 Å². The molecule has 0 aliphatic heterocycles. The molecule has 0 fully saturated rings. The lowest BCUT2D eigenvalue weighted by Gasteiger charge is -2.21. The van der Waals surface area contributed by atoms with Crippen molar-refractivity contribution in [3.05, 3.63) is 55.1 Å². The topological polar surface area (TPSA) is 81.5 Å². The lowest BCUT2D eigenvalue weighted by molar-refractivity contribution is -0.113. The lowest BCUT2D eigenvalue weighted by atomic mass is 10.2. The molecule has 0 aliphatic rings. The van der Waals surface area contributed by atoms with Crippen LogP contribution in [0.3, 0.4) is 0 Å². The molecule has 0 bridgehead atoms. The zero-order chi connectivity index (χ0) is 24.5. The molecule has 1 N–H and O–H groups in total. The Kier molecular flexibility index (Phi) is 8.98. The van der Waals surface area contributed by atoms with Crippen LogP contribution in [0.4, 0.5) is 11.4 Å². The number of amides is 1. The second-order valence-corrected chi connectivity index (χ2v) is 8.27. The van der Waals surface area contributed by atoms with Gasteiger partial charge in [-0.3, -0.25) is 9.36 Å². The van der Waals surface area contributed by atoms with E-state index in [9.17, 15) is 4.79 Å². The Morgan fingerprint density at radius 1 is 1.12 bits per heavy atom. The number of nitrogens with one attached hydrogen (secondary N) is 1. The first-order valence-corrected chi connectivity index (χ1v) is 12.1. The highest BCUT2D eigenvalue weighted by atomic mass is 32.2. The van der Waals surface area contributed by atoms with E-state index in [0.29, 0.717) is 28.9 Å². The quantitative estimate of drug-likeness (QED) is 0.296. The third-order valence-electron chi connectivity index (χ3n) is 5.30. The van der Waals surface area contributed by atoms with Gasteiger partial charge in [0.2, 0.25) is 5.91 Å². The first-order valence-electron chi connectivity index (χ1n) is 11.1. The number of ether oxygens (including phenoxy) is 2. The molecule has 0 saturated heterocycles. The Labute approximate surface area is 205 Å². The first-order chi connectivity index (χ1) is 16.5. The van der Waals surface area contributed by atoms with Crippen molar-refractivity contribution in [2.45, 2.75) is 25.5 Å². The van der Waals surface area contributed by atoms with Gasteiger partial charge < -0.3 is 19.7 Å². The van der Waals surface area contributed by atoms with Crippen LogP contribution in [0.15, 0.2) is 60.3 Å². The maximum atomic E-state index is 12.6. The molecule has 1 amide bonds. The summed E-state index contributed by atoms with van der Waals surface area (Å²) in [6.07, 6.45) is 1.80. The van der Waals surface area contributed by atoms with Crippen LogP contribution < -0.4 is 19.7 Å². The number of allylic oxidation sites excluding steroid dienone is 1. The number of hydrogen-bond acceptors (Lipinski definition) is 7. The van der Waals surface area contributed by atoms with Gasteiger partial charge >= 0.3 is 0 Å². The number of methoxy groups -OCH3 is 2. The van der Waals surface area contributed by atoms with E-state index in [2.05, 4.69) is 53.0 Å². The molecule has 3 aromatic rings. The second kappa shape index (κ2) is 12.1. The molecule has 2 aromatic carbocycles. The Morgan fingerprint density at radius 2 is 1.85 bits per heavy atom. The summed E-state index contributed by atoms with van der Waals surface area (Å²) < 4.78 is 12.5.